The van der Waals surface area contributed by atoms with Crippen molar-refractivity contribution in [3.8, 4) is 22.3 Å². The van der Waals surface area contributed by atoms with Gasteiger partial charge in [-0.05, 0) is 42.0 Å². The van der Waals surface area contributed by atoms with Gasteiger partial charge in [0.25, 0.3) is 0 Å². The zero-order valence-electron chi connectivity index (χ0n) is 26.1. The molecule has 5 heteroatoms. The molecule has 2 nitrogen and oxygen atoms in total. The summed E-state index contributed by atoms with van der Waals surface area (Å²) in [5, 5.41) is 0. The maximum atomic E-state index is 15.2. The fraction of sp³-hybridized carbons (Fsp3) is 0.526. The molecule has 0 N–H and O–H groups in total. The van der Waals surface area contributed by atoms with Crippen LogP contribution >= 0.6 is 0 Å². The van der Waals surface area contributed by atoms with Crippen molar-refractivity contribution < 1.29 is 22.6 Å². The van der Waals surface area contributed by atoms with Crippen molar-refractivity contribution in [2.45, 2.75) is 110 Å². The fourth-order valence-electron chi connectivity index (χ4n) is 5.96. The largest absolute Gasteiger partial charge is 0.348 e. The molecule has 0 saturated carbocycles. The van der Waals surface area contributed by atoms with Crippen molar-refractivity contribution in [2.24, 2.45) is 5.92 Å². The van der Waals surface area contributed by atoms with Gasteiger partial charge in [0.05, 0.1) is 13.2 Å². The van der Waals surface area contributed by atoms with Crippen LogP contribution in [0.15, 0.2) is 54.6 Å². The molecule has 0 bridgehead atoms. The molecule has 234 valence electrons. The third kappa shape index (κ3) is 9.68. The summed E-state index contributed by atoms with van der Waals surface area (Å²) in [6.07, 6.45) is 15.3. The molecule has 4 rings (SSSR count). The minimum Gasteiger partial charge on any atom is -0.348 e. The highest BCUT2D eigenvalue weighted by molar-refractivity contribution is 5.71. The van der Waals surface area contributed by atoms with E-state index in [1.165, 1.54) is 63.9 Å². The molecule has 1 aliphatic heterocycles. The lowest BCUT2D eigenvalue weighted by Gasteiger charge is -2.29. The van der Waals surface area contributed by atoms with Crippen LogP contribution in [-0.2, 0) is 15.9 Å². The highest BCUT2D eigenvalue weighted by Crippen LogP contribution is 2.33. The lowest BCUT2D eigenvalue weighted by molar-refractivity contribution is -0.206. The van der Waals surface area contributed by atoms with Crippen molar-refractivity contribution in [3.05, 3.63) is 83.2 Å². The number of hydrogen-bond acceptors (Lipinski definition) is 2. The zero-order chi connectivity index (χ0) is 30.4. The molecule has 0 amide bonds. The van der Waals surface area contributed by atoms with E-state index in [1.807, 2.05) is 6.07 Å². The Balaban J connectivity index is 1.31. The van der Waals surface area contributed by atoms with E-state index >= 15 is 8.78 Å². The Bertz CT molecular complexity index is 1250. The predicted octanol–water partition coefficient (Wildman–Crippen LogP) is 11.8. The average molecular weight is 595 g/mol. The summed E-state index contributed by atoms with van der Waals surface area (Å²) in [5.41, 5.74) is 2.97. The Morgan fingerprint density at radius 1 is 0.605 bits per heavy atom. The Kier molecular flexibility index (Phi) is 13.6. The molecular formula is C38H49F3O2. The SMILES string of the molecule is CCCCCCCCCc1ccc(-c2ccc(-c3ccc(C4OCC(CCCCCCC)CO4)cc3F)cc2)c(F)c1F. The van der Waals surface area contributed by atoms with Crippen LogP contribution in [0.5, 0.6) is 0 Å². The van der Waals surface area contributed by atoms with Crippen molar-refractivity contribution in [2.75, 3.05) is 13.2 Å². The van der Waals surface area contributed by atoms with E-state index in [9.17, 15) is 4.39 Å². The molecule has 1 aliphatic rings. The number of aryl methyl sites for hydroxylation is 1. The first-order valence-corrected chi connectivity index (χ1v) is 16.6. The van der Waals surface area contributed by atoms with Crippen LogP contribution in [0.3, 0.4) is 0 Å². The zero-order valence-corrected chi connectivity index (χ0v) is 26.1. The van der Waals surface area contributed by atoms with Crippen LogP contribution in [0.25, 0.3) is 22.3 Å². The monoisotopic (exact) mass is 594 g/mol. The number of halogens is 3. The molecular weight excluding hydrogens is 545 g/mol. The first-order chi connectivity index (χ1) is 21.0. The van der Waals surface area contributed by atoms with Gasteiger partial charge in [-0.1, -0.05) is 133 Å². The van der Waals surface area contributed by atoms with E-state index < -0.39 is 17.9 Å². The second-order valence-corrected chi connectivity index (χ2v) is 12.2. The summed E-state index contributed by atoms with van der Waals surface area (Å²) in [7, 11) is 0. The van der Waals surface area contributed by atoms with E-state index in [1.54, 1.807) is 42.5 Å². The quantitative estimate of drug-likeness (QED) is 0.145. The van der Waals surface area contributed by atoms with Crippen molar-refractivity contribution >= 4 is 0 Å². The summed E-state index contributed by atoms with van der Waals surface area (Å²) < 4.78 is 57.0. The molecule has 3 aromatic carbocycles. The van der Waals surface area contributed by atoms with Crippen LogP contribution in [-0.4, -0.2) is 13.2 Å². The summed E-state index contributed by atoms with van der Waals surface area (Å²) in [6, 6.07) is 15.3. The van der Waals surface area contributed by atoms with Gasteiger partial charge in [-0.2, -0.15) is 0 Å². The topological polar surface area (TPSA) is 18.5 Å². The molecule has 0 unspecified atom stereocenters. The summed E-state index contributed by atoms with van der Waals surface area (Å²) >= 11 is 0. The van der Waals surface area contributed by atoms with E-state index in [2.05, 4.69) is 13.8 Å². The number of hydrogen-bond donors (Lipinski definition) is 0. The minimum atomic E-state index is -0.824. The molecule has 1 heterocycles. The normalized spacial score (nSPS) is 17.0. The number of rotatable bonds is 17. The van der Waals surface area contributed by atoms with Crippen molar-refractivity contribution in [1.82, 2.24) is 0 Å². The van der Waals surface area contributed by atoms with Crippen LogP contribution in [0.1, 0.15) is 115 Å². The van der Waals surface area contributed by atoms with E-state index in [0.29, 0.717) is 53.4 Å². The predicted molar refractivity (Wildman–Crippen MR) is 170 cm³/mol. The maximum Gasteiger partial charge on any atom is 0.183 e. The van der Waals surface area contributed by atoms with Crippen LogP contribution in [0.2, 0.25) is 0 Å². The molecule has 1 saturated heterocycles. The summed E-state index contributed by atoms with van der Waals surface area (Å²) in [5.74, 6) is -1.57. The fourth-order valence-corrected chi connectivity index (χ4v) is 5.96. The van der Waals surface area contributed by atoms with Gasteiger partial charge in [-0.25, -0.2) is 13.2 Å². The van der Waals surface area contributed by atoms with E-state index in [0.717, 1.165) is 25.7 Å². The van der Waals surface area contributed by atoms with Gasteiger partial charge < -0.3 is 9.47 Å². The standard InChI is InChI=1S/C38H49F3O2/c1-3-5-7-9-10-12-14-16-31-21-24-34(37(41)36(31)40)30-19-17-29(18-20-30)33-23-22-32(25-35(33)39)38-42-26-28(27-43-38)15-13-11-8-6-4-2/h17-25,28,38H,3-16,26-27H2,1-2H3. The average Bonchev–Trinajstić information content (AvgIpc) is 3.03. The molecule has 0 atom stereocenters. The third-order valence-electron chi connectivity index (χ3n) is 8.67. The lowest BCUT2D eigenvalue weighted by atomic mass is 9.96. The van der Waals surface area contributed by atoms with Gasteiger partial charge >= 0.3 is 0 Å². The third-order valence-corrected chi connectivity index (χ3v) is 8.67. The summed E-state index contributed by atoms with van der Waals surface area (Å²) in [4.78, 5) is 0. The Morgan fingerprint density at radius 2 is 1.16 bits per heavy atom. The van der Waals surface area contributed by atoms with Gasteiger partial charge in [0.15, 0.2) is 17.9 Å². The highest BCUT2D eigenvalue weighted by atomic mass is 19.2. The van der Waals surface area contributed by atoms with Gasteiger partial charge in [0.2, 0.25) is 0 Å². The molecule has 3 aromatic rings. The number of unbranched alkanes of at least 4 members (excludes halogenated alkanes) is 10. The molecule has 0 spiro atoms. The van der Waals surface area contributed by atoms with Gasteiger partial charge in [-0.15, -0.1) is 0 Å². The Hall–Kier alpha value is -2.63. The van der Waals surface area contributed by atoms with Gasteiger partial charge in [0, 0.05) is 22.6 Å². The van der Waals surface area contributed by atoms with Gasteiger partial charge in [-0.3, -0.25) is 0 Å². The highest BCUT2D eigenvalue weighted by Gasteiger charge is 2.24. The van der Waals surface area contributed by atoms with E-state index in [-0.39, 0.29) is 11.4 Å². The van der Waals surface area contributed by atoms with E-state index in [4.69, 9.17) is 9.47 Å². The van der Waals surface area contributed by atoms with Crippen molar-refractivity contribution in [1.29, 1.82) is 0 Å². The smallest absolute Gasteiger partial charge is 0.183 e. The number of benzene rings is 3. The maximum absolute atomic E-state index is 15.2. The van der Waals surface area contributed by atoms with Crippen molar-refractivity contribution in [3.63, 3.8) is 0 Å². The second-order valence-electron chi connectivity index (χ2n) is 12.2. The molecule has 0 aromatic heterocycles. The Labute approximate surface area is 257 Å². The minimum absolute atomic E-state index is 0.217. The molecule has 0 radical (unpaired) electrons. The second kappa shape index (κ2) is 17.6. The molecule has 0 aliphatic carbocycles. The van der Waals surface area contributed by atoms with Crippen LogP contribution < -0.4 is 0 Å². The Morgan fingerprint density at radius 3 is 1.79 bits per heavy atom. The molecule has 1 fully saturated rings. The van der Waals surface area contributed by atoms with Gasteiger partial charge in [0.1, 0.15) is 5.82 Å². The lowest BCUT2D eigenvalue weighted by Crippen LogP contribution is -2.27. The van der Waals surface area contributed by atoms with Crippen LogP contribution in [0, 0.1) is 23.4 Å². The molecule has 43 heavy (non-hydrogen) atoms. The number of ether oxygens (including phenoxy) is 2. The van der Waals surface area contributed by atoms with Crippen LogP contribution in [0.4, 0.5) is 13.2 Å². The first kappa shape index (κ1) is 33.3. The first-order valence-electron chi connectivity index (χ1n) is 16.6. The summed E-state index contributed by atoms with van der Waals surface area (Å²) in [6.45, 7) is 5.67.